The minimum Gasteiger partial charge on any atom is -0.493 e. The first-order valence-corrected chi connectivity index (χ1v) is 6.44. The van der Waals surface area contributed by atoms with Crippen molar-refractivity contribution in [1.82, 2.24) is 0 Å². The SMILES string of the molecule is Nc1cccc(OCCCOC2CCCC2)c1. The number of anilines is 1. The van der Waals surface area contributed by atoms with Crippen molar-refractivity contribution in [3.05, 3.63) is 24.3 Å². The smallest absolute Gasteiger partial charge is 0.121 e. The Kier molecular flexibility index (Phi) is 4.68. The number of nitrogens with two attached hydrogens (primary N) is 1. The van der Waals surface area contributed by atoms with Gasteiger partial charge in [-0.1, -0.05) is 18.9 Å². The van der Waals surface area contributed by atoms with E-state index < -0.39 is 0 Å². The molecule has 94 valence electrons. The summed E-state index contributed by atoms with van der Waals surface area (Å²) >= 11 is 0. The molecular weight excluding hydrogens is 214 g/mol. The fraction of sp³-hybridized carbons (Fsp3) is 0.571. The molecule has 0 saturated heterocycles. The molecule has 1 aromatic rings. The summed E-state index contributed by atoms with van der Waals surface area (Å²) in [6.45, 7) is 1.49. The van der Waals surface area contributed by atoms with Crippen LogP contribution in [-0.2, 0) is 4.74 Å². The van der Waals surface area contributed by atoms with Gasteiger partial charge >= 0.3 is 0 Å². The van der Waals surface area contributed by atoms with Crippen LogP contribution in [0.15, 0.2) is 24.3 Å². The molecule has 1 fully saturated rings. The third kappa shape index (κ3) is 4.27. The van der Waals surface area contributed by atoms with Gasteiger partial charge in [0.2, 0.25) is 0 Å². The van der Waals surface area contributed by atoms with E-state index in [4.69, 9.17) is 15.2 Å². The molecule has 1 aromatic carbocycles. The second kappa shape index (κ2) is 6.50. The first-order chi connectivity index (χ1) is 8.34. The molecule has 3 heteroatoms. The molecule has 0 unspecified atom stereocenters. The van der Waals surface area contributed by atoms with Crippen molar-refractivity contribution in [2.45, 2.75) is 38.2 Å². The predicted octanol–water partition coefficient (Wildman–Crippen LogP) is 3.00. The Labute approximate surface area is 103 Å². The van der Waals surface area contributed by atoms with Crippen molar-refractivity contribution < 1.29 is 9.47 Å². The number of hydrogen-bond donors (Lipinski definition) is 1. The molecule has 0 aliphatic heterocycles. The van der Waals surface area contributed by atoms with Gasteiger partial charge in [-0.3, -0.25) is 0 Å². The van der Waals surface area contributed by atoms with E-state index in [0.29, 0.717) is 12.7 Å². The van der Waals surface area contributed by atoms with E-state index in [1.54, 1.807) is 0 Å². The molecule has 17 heavy (non-hydrogen) atoms. The zero-order valence-corrected chi connectivity index (χ0v) is 10.2. The molecule has 1 aliphatic rings. The second-order valence-electron chi connectivity index (χ2n) is 4.55. The van der Waals surface area contributed by atoms with Gasteiger partial charge in [-0.2, -0.15) is 0 Å². The normalized spacial score (nSPS) is 16.2. The summed E-state index contributed by atoms with van der Waals surface area (Å²) in [6, 6.07) is 7.53. The van der Waals surface area contributed by atoms with Crippen molar-refractivity contribution in [1.29, 1.82) is 0 Å². The minimum absolute atomic E-state index is 0.502. The molecule has 0 aromatic heterocycles. The Morgan fingerprint density at radius 1 is 1.18 bits per heavy atom. The minimum atomic E-state index is 0.502. The largest absolute Gasteiger partial charge is 0.493 e. The number of benzene rings is 1. The van der Waals surface area contributed by atoms with E-state index in [1.807, 2.05) is 24.3 Å². The highest BCUT2D eigenvalue weighted by Gasteiger charge is 2.14. The maximum atomic E-state index is 5.76. The molecule has 3 nitrogen and oxygen atoms in total. The van der Waals surface area contributed by atoms with E-state index in [0.717, 1.165) is 24.5 Å². The summed E-state index contributed by atoms with van der Waals surface area (Å²) in [5.41, 5.74) is 6.41. The predicted molar refractivity (Wildman–Crippen MR) is 69.2 cm³/mol. The van der Waals surface area contributed by atoms with Crippen molar-refractivity contribution >= 4 is 5.69 Å². The molecule has 2 rings (SSSR count). The Morgan fingerprint density at radius 2 is 2.00 bits per heavy atom. The van der Waals surface area contributed by atoms with Gasteiger partial charge in [-0.25, -0.2) is 0 Å². The van der Waals surface area contributed by atoms with Crippen LogP contribution in [-0.4, -0.2) is 19.3 Å². The Hall–Kier alpha value is -1.22. The molecule has 0 heterocycles. The molecule has 0 radical (unpaired) electrons. The van der Waals surface area contributed by atoms with Gasteiger partial charge in [0.1, 0.15) is 5.75 Å². The van der Waals surface area contributed by atoms with E-state index in [2.05, 4.69) is 0 Å². The Bertz CT molecular complexity index is 335. The molecule has 2 N–H and O–H groups in total. The fourth-order valence-electron chi connectivity index (χ4n) is 2.16. The highest BCUT2D eigenvalue weighted by molar-refractivity contribution is 5.43. The first-order valence-electron chi connectivity index (χ1n) is 6.44. The van der Waals surface area contributed by atoms with Crippen LogP contribution in [0, 0.1) is 0 Å². The molecule has 0 atom stereocenters. The van der Waals surface area contributed by atoms with Crippen molar-refractivity contribution in [3.63, 3.8) is 0 Å². The number of hydrogen-bond acceptors (Lipinski definition) is 3. The van der Waals surface area contributed by atoms with Crippen LogP contribution < -0.4 is 10.5 Å². The second-order valence-corrected chi connectivity index (χ2v) is 4.55. The van der Waals surface area contributed by atoms with Crippen LogP contribution in [0.5, 0.6) is 5.75 Å². The number of ether oxygens (including phenoxy) is 2. The van der Waals surface area contributed by atoms with Crippen molar-refractivity contribution in [2.75, 3.05) is 18.9 Å². The standard InChI is InChI=1S/C14H21NO2/c15-12-5-3-8-14(11-12)17-10-4-9-16-13-6-1-2-7-13/h3,5,8,11,13H,1-2,4,6-7,9-10,15H2. The van der Waals surface area contributed by atoms with Crippen LogP contribution in [0.4, 0.5) is 5.69 Å². The lowest BCUT2D eigenvalue weighted by molar-refractivity contribution is 0.0505. The number of rotatable bonds is 6. The number of nitrogen functional groups attached to an aromatic ring is 1. The van der Waals surface area contributed by atoms with Gasteiger partial charge in [0.15, 0.2) is 0 Å². The lowest BCUT2D eigenvalue weighted by Gasteiger charge is -2.11. The molecule has 1 saturated carbocycles. The average molecular weight is 235 g/mol. The first kappa shape index (κ1) is 12.2. The van der Waals surface area contributed by atoms with Gasteiger partial charge in [0, 0.05) is 18.2 Å². The molecule has 0 bridgehead atoms. The molecule has 1 aliphatic carbocycles. The van der Waals surface area contributed by atoms with E-state index in [1.165, 1.54) is 25.7 Å². The van der Waals surface area contributed by atoms with Crippen LogP contribution in [0.25, 0.3) is 0 Å². The topological polar surface area (TPSA) is 44.5 Å². The third-order valence-electron chi connectivity index (χ3n) is 3.07. The van der Waals surface area contributed by atoms with Gasteiger partial charge in [-0.15, -0.1) is 0 Å². The van der Waals surface area contributed by atoms with Crippen LogP contribution >= 0.6 is 0 Å². The third-order valence-corrected chi connectivity index (χ3v) is 3.07. The quantitative estimate of drug-likeness (QED) is 0.609. The average Bonchev–Trinajstić information content (AvgIpc) is 2.82. The maximum absolute atomic E-state index is 5.76. The molecule has 0 spiro atoms. The summed E-state index contributed by atoms with van der Waals surface area (Å²) in [5.74, 6) is 0.839. The monoisotopic (exact) mass is 235 g/mol. The molecule has 0 amide bonds. The van der Waals surface area contributed by atoms with Gasteiger partial charge in [-0.05, 0) is 25.0 Å². The van der Waals surface area contributed by atoms with E-state index in [9.17, 15) is 0 Å². The summed E-state index contributed by atoms with van der Waals surface area (Å²) < 4.78 is 11.4. The Balaban J connectivity index is 1.56. The van der Waals surface area contributed by atoms with E-state index in [-0.39, 0.29) is 0 Å². The maximum Gasteiger partial charge on any atom is 0.121 e. The van der Waals surface area contributed by atoms with Crippen molar-refractivity contribution in [2.24, 2.45) is 0 Å². The van der Waals surface area contributed by atoms with Gasteiger partial charge < -0.3 is 15.2 Å². The fourth-order valence-corrected chi connectivity index (χ4v) is 2.16. The highest BCUT2D eigenvalue weighted by atomic mass is 16.5. The molecular formula is C14H21NO2. The van der Waals surface area contributed by atoms with Crippen LogP contribution in [0.3, 0.4) is 0 Å². The van der Waals surface area contributed by atoms with E-state index >= 15 is 0 Å². The van der Waals surface area contributed by atoms with Crippen LogP contribution in [0.1, 0.15) is 32.1 Å². The Morgan fingerprint density at radius 3 is 2.76 bits per heavy atom. The lowest BCUT2D eigenvalue weighted by atomic mass is 10.3. The highest BCUT2D eigenvalue weighted by Crippen LogP contribution is 2.21. The zero-order chi connectivity index (χ0) is 11.9. The van der Waals surface area contributed by atoms with Crippen molar-refractivity contribution in [3.8, 4) is 5.75 Å². The summed E-state index contributed by atoms with van der Waals surface area (Å²) in [7, 11) is 0. The van der Waals surface area contributed by atoms with Crippen LogP contribution in [0.2, 0.25) is 0 Å². The van der Waals surface area contributed by atoms with Gasteiger partial charge in [0.25, 0.3) is 0 Å². The summed E-state index contributed by atoms with van der Waals surface area (Å²) in [4.78, 5) is 0. The van der Waals surface area contributed by atoms with Gasteiger partial charge in [0.05, 0.1) is 19.3 Å². The summed E-state index contributed by atoms with van der Waals surface area (Å²) in [6.07, 6.45) is 6.55. The lowest BCUT2D eigenvalue weighted by Crippen LogP contribution is -2.10. The zero-order valence-electron chi connectivity index (χ0n) is 10.2. The summed E-state index contributed by atoms with van der Waals surface area (Å²) in [5, 5.41) is 0.